The number of carbonyl (C=O) groups is 2. The van der Waals surface area contributed by atoms with Crippen molar-refractivity contribution in [3.05, 3.63) is 59.2 Å². The van der Waals surface area contributed by atoms with Crippen LogP contribution in [0, 0.1) is 18.8 Å². The van der Waals surface area contributed by atoms with Crippen molar-refractivity contribution < 1.29 is 27.5 Å². The zero-order valence-electron chi connectivity index (χ0n) is 26.6. The van der Waals surface area contributed by atoms with Crippen LogP contribution in [0.5, 0.6) is 0 Å². The van der Waals surface area contributed by atoms with Gasteiger partial charge in [-0.25, -0.2) is 0 Å². The molecule has 2 aromatic rings. The lowest BCUT2D eigenvalue weighted by Gasteiger charge is -2.39. The average molecular weight is 615 g/mol. The van der Waals surface area contributed by atoms with E-state index in [9.17, 15) is 22.8 Å². The Morgan fingerprint density at radius 1 is 0.977 bits per heavy atom. The minimum Gasteiger partial charge on any atom is -0.466 e. The van der Waals surface area contributed by atoms with Gasteiger partial charge in [-0.05, 0) is 68.2 Å². The van der Waals surface area contributed by atoms with E-state index in [-0.39, 0.29) is 42.7 Å². The van der Waals surface area contributed by atoms with E-state index in [2.05, 4.69) is 10.2 Å². The molecule has 3 atom stereocenters. The minimum absolute atomic E-state index is 0.00753. The molecule has 0 heterocycles. The first-order valence-corrected chi connectivity index (χ1v) is 16.5. The zero-order valence-corrected chi connectivity index (χ0v) is 26.6. The summed E-state index contributed by atoms with van der Waals surface area (Å²) in [5.74, 6) is -1.20. The maximum absolute atomic E-state index is 13.3. The Kier molecular flexibility index (Phi) is 12.2. The van der Waals surface area contributed by atoms with Gasteiger partial charge in [-0.2, -0.15) is 13.2 Å². The Labute approximate surface area is 260 Å². The van der Waals surface area contributed by atoms with E-state index in [1.165, 1.54) is 25.7 Å². The van der Waals surface area contributed by atoms with Gasteiger partial charge in [0.05, 0.1) is 30.3 Å². The summed E-state index contributed by atoms with van der Waals surface area (Å²) in [6.45, 7) is 5.99. The van der Waals surface area contributed by atoms with Crippen molar-refractivity contribution >= 4 is 23.3 Å². The van der Waals surface area contributed by atoms with Crippen LogP contribution >= 0.6 is 0 Å². The second-order valence-corrected chi connectivity index (χ2v) is 13.0. The molecule has 0 aromatic heterocycles. The van der Waals surface area contributed by atoms with Crippen LogP contribution in [0.4, 0.5) is 24.5 Å². The Balaban J connectivity index is 0.00000102. The number of nitrogens with one attached hydrogen (secondary N) is 1. The molecule has 3 saturated carbocycles. The Bertz CT molecular complexity index is 1220. The van der Waals surface area contributed by atoms with E-state index < -0.39 is 18.5 Å². The predicted octanol–water partition coefficient (Wildman–Crippen LogP) is 9.13. The van der Waals surface area contributed by atoms with Gasteiger partial charge in [0.25, 0.3) is 0 Å². The van der Waals surface area contributed by atoms with E-state index in [1.807, 2.05) is 49.4 Å². The van der Waals surface area contributed by atoms with Crippen molar-refractivity contribution in [2.45, 2.75) is 116 Å². The number of esters is 1. The molecule has 0 spiro atoms. The third-order valence-electron chi connectivity index (χ3n) is 9.00. The van der Waals surface area contributed by atoms with Crippen molar-refractivity contribution in [1.82, 2.24) is 0 Å². The summed E-state index contributed by atoms with van der Waals surface area (Å²) in [5.41, 5.74) is 4.26. The Hall–Kier alpha value is -3.03. The predicted molar refractivity (Wildman–Crippen MR) is 170 cm³/mol. The topological polar surface area (TPSA) is 58.6 Å². The fourth-order valence-corrected chi connectivity index (χ4v) is 6.18. The van der Waals surface area contributed by atoms with Gasteiger partial charge in [-0.3, -0.25) is 9.59 Å². The van der Waals surface area contributed by atoms with Crippen LogP contribution in [0.15, 0.2) is 42.5 Å². The molecule has 1 amide bonds. The molecular weight excluding hydrogens is 565 g/mol. The first kappa shape index (κ1) is 33.9. The van der Waals surface area contributed by atoms with Crippen LogP contribution in [0.3, 0.4) is 0 Å². The lowest BCUT2D eigenvalue weighted by molar-refractivity contribution is -0.145. The lowest BCUT2D eigenvalue weighted by Crippen LogP contribution is -2.41. The van der Waals surface area contributed by atoms with Crippen molar-refractivity contribution in [2.24, 2.45) is 11.8 Å². The van der Waals surface area contributed by atoms with Crippen molar-refractivity contribution in [2.75, 3.05) is 23.4 Å². The minimum atomic E-state index is -4.24. The molecule has 5 nitrogen and oxygen atoms in total. The second-order valence-electron chi connectivity index (χ2n) is 13.0. The van der Waals surface area contributed by atoms with Crippen LogP contribution in [0.1, 0.15) is 107 Å². The van der Waals surface area contributed by atoms with Gasteiger partial charge in [0.1, 0.15) is 0 Å². The van der Waals surface area contributed by atoms with E-state index in [0.29, 0.717) is 18.7 Å². The number of rotatable bonds is 11. The molecule has 0 saturated heterocycles. The molecule has 242 valence electrons. The van der Waals surface area contributed by atoms with E-state index in [4.69, 9.17) is 4.74 Å². The summed E-state index contributed by atoms with van der Waals surface area (Å²) in [5, 5.41) is 3.09. The summed E-state index contributed by atoms with van der Waals surface area (Å²) in [7, 11) is 0. The number of ether oxygens (including phenoxy) is 1. The quantitative estimate of drug-likeness (QED) is 0.257. The van der Waals surface area contributed by atoms with Crippen LogP contribution in [0.2, 0.25) is 0 Å². The van der Waals surface area contributed by atoms with Crippen LogP contribution in [-0.2, 0) is 20.7 Å². The van der Waals surface area contributed by atoms with Gasteiger partial charge in [0.15, 0.2) is 0 Å². The molecule has 3 unspecified atom stereocenters. The number of carbonyl (C=O) groups excluding carboxylic acids is 2. The number of hydrogen-bond acceptors (Lipinski definition) is 4. The van der Waals surface area contributed by atoms with Gasteiger partial charge < -0.3 is 15.0 Å². The fraction of sp³-hybridized carbons (Fsp3) is 0.611. The molecule has 0 radical (unpaired) electrons. The van der Waals surface area contributed by atoms with E-state index in [1.54, 1.807) is 13.8 Å². The highest BCUT2D eigenvalue weighted by Gasteiger charge is 2.45. The number of alkyl halides is 3. The molecule has 44 heavy (non-hydrogen) atoms. The van der Waals surface area contributed by atoms with E-state index in [0.717, 1.165) is 54.5 Å². The monoisotopic (exact) mass is 614 g/mol. The number of benzene rings is 2. The van der Waals surface area contributed by atoms with Gasteiger partial charge in [-0.15, -0.1) is 0 Å². The van der Waals surface area contributed by atoms with Gasteiger partial charge in [-0.1, -0.05) is 87.8 Å². The molecule has 0 aliphatic heterocycles. The van der Waals surface area contributed by atoms with Crippen molar-refractivity contribution in [3.8, 4) is 0 Å². The number of amides is 1. The standard InChI is InChI=1S/C32H41F3N2O3.C4H8/c1-4-40-31(39)27-18-26(27)24-14-15-29(28(17-24)36-30(38)16-23-12-10-21(2)11-13-23)37(25-8-6-5-7-9-25)20-22(3)19-32(33,34)35;1-2-4-3-1/h10-15,17,22,25-27H,4-9,16,18-20H2,1-3H3,(H,36,38);1-4H2. The number of nitrogens with zero attached hydrogens (tertiary/aromatic N) is 1. The highest BCUT2D eigenvalue weighted by atomic mass is 19.4. The maximum atomic E-state index is 13.3. The molecule has 1 N–H and O–H groups in total. The van der Waals surface area contributed by atoms with Gasteiger partial charge in [0, 0.05) is 19.0 Å². The van der Waals surface area contributed by atoms with Crippen molar-refractivity contribution in [3.63, 3.8) is 0 Å². The van der Waals surface area contributed by atoms with Crippen molar-refractivity contribution in [1.29, 1.82) is 0 Å². The second kappa shape index (κ2) is 15.8. The van der Waals surface area contributed by atoms with Crippen LogP contribution in [0.25, 0.3) is 0 Å². The van der Waals surface area contributed by atoms with Crippen LogP contribution in [-0.4, -0.2) is 37.2 Å². The molecule has 2 aromatic carbocycles. The van der Waals surface area contributed by atoms with Gasteiger partial charge in [0.2, 0.25) is 5.91 Å². The Morgan fingerprint density at radius 2 is 1.61 bits per heavy atom. The molecule has 3 fully saturated rings. The normalized spacial score (nSPS) is 20.4. The molecule has 0 bridgehead atoms. The highest BCUT2D eigenvalue weighted by molar-refractivity contribution is 5.96. The summed E-state index contributed by atoms with van der Waals surface area (Å²) in [6, 6.07) is 13.7. The largest absolute Gasteiger partial charge is 0.466 e. The smallest absolute Gasteiger partial charge is 0.389 e. The number of hydrogen-bond donors (Lipinski definition) is 1. The third-order valence-corrected chi connectivity index (χ3v) is 9.00. The SMILES string of the molecule is C1CCC1.CCOC(=O)C1CC1c1ccc(N(CC(C)CC(F)(F)F)C2CCCCC2)c(NC(=O)Cc2ccc(C)cc2)c1. The zero-order chi connectivity index (χ0) is 31.7. The molecule has 3 aliphatic carbocycles. The fourth-order valence-electron chi connectivity index (χ4n) is 6.18. The highest BCUT2D eigenvalue weighted by Crippen LogP contribution is 2.50. The summed E-state index contributed by atoms with van der Waals surface area (Å²) < 4.78 is 45.0. The molecule has 3 aliphatic rings. The summed E-state index contributed by atoms with van der Waals surface area (Å²) >= 11 is 0. The lowest BCUT2D eigenvalue weighted by atomic mass is 9.92. The average Bonchev–Trinajstić information content (AvgIpc) is 3.73. The first-order chi connectivity index (χ1) is 21.0. The first-order valence-electron chi connectivity index (χ1n) is 16.5. The molecule has 5 rings (SSSR count). The number of halogens is 3. The maximum Gasteiger partial charge on any atom is 0.389 e. The van der Waals surface area contributed by atoms with Crippen LogP contribution < -0.4 is 10.2 Å². The third kappa shape index (κ3) is 10.3. The molecule has 8 heteroatoms. The number of anilines is 2. The summed E-state index contributed by atoms with van der Waals surface area (Å²) in [4.78, 5) is 27.6. The Morgan fingerprint density at radius 3 is 2.20 bits per heavy atom. The summed E-state index contributed by atoms with van der Waals surface area (Å²) in [6.07, 6.45) is 6.79. The number of aryl methyl sites for hydroxylation is 1. The molecular formula is C36H49F3N2O3. The van der Waals surface area contributed by atoms with E-state index >= 15 is 0 Å². The van der Waals surface area contributed by atoms with Gasteiger partial charge >= 0.3 is 12.1 Å².